The highest BCUT2D eigenvalue weighted by Crippen LogP contribution is 2.43. The molecule has 1 spiro atoms. The number of guanidine groups is 1. The second-order valence-electron chi connectivity index (χ2n) is 6.86. The van der Waals surface area contributed by atoms with Crippen molar-refractivity contribution in [3.8, 4) is 0 Å². The first-order chi connectivity index (χ1) is 10.8. The van der Waals surface area contributed by atoms with Crippen LogP contribution in [0.3, 0.4) is 0 Å². The molecule has 6 heteroatoms. The maximum absolute atomic E-state index is 4.49. The first-order valence-corrected chi connectivity index (χ1v) is 8.73. The number of nitrogens with zero attached hydrogens (tertiary/aromatic N) is 4. The lowest BCUT2D eigenvalue weighted by Crippen LogP contribution is -2.42. The van der Waals surface area contributed by atoms with Crippen LogP contribution >= 0.6 is 24.0 Å². The molecule has 2 heterocycles. The predicted octanol–water partition coefficient (Wildman–Crippen LogP) is 3.12. The number of hydrogen-bond donors (Lipinski definition) is 1. The van der Waals surface area contributed by atoms with Crippen molar-refractivity contribution in [1.82, 2.24) is 19.8 Å². The summed E-state index contributed by atoms with van der Waals surface area (Å²) in [5.74, 6) is 1.09. The number of halogens is 1. The molecule has 1 saturated heterocycles. The summed E-state index contributed by atoms with van der Waals surface area (Å²) in [6, 6.07) is 0. The van der Waals surface area contributed by atoms with E-state index in [0.717, 1.165) is 25.5 Å². The van der Waals surface area contributed by atoms with Crippen LogP contribution in [0.2, 0.25) is 0 Å². The number of hydrogen-bond acceptors (Lipinski definition) is 2. The Bertz CT molecular complexity index is 479. The molecular weight excluding hydrogens is 401 g/mol. The van der Waals surface area contributed by atoms with Crippen molar-refractivity contribution in [2.75, 3.05) is 26.7 Å². The van der Waals surface area contributed by atoms with Crippen LogP contribution in [0.5, 0.6) is 0 Å². The minimum atomic E-state index is 0. The Morgan fingerprint density at radius 1 is 1.26 bits per heavy atom. The van der Waals surface area contributed by atoms with E-state index in [1.54, 1.807) is 0 Å². The lowest BCUT2D eigenvalue weighted by molar-refractivity contribution is 0.203. The normalized spacial score (nSPS) is 20.6. The summed E-state index contributed by atoms with van der Waals surface area (Å²) in [5, 5.41) is 3.54. The molecule has 1 saturated carbocycles. The molecule has 1 aromatic rings. The summed E-state index contributed by atoms with van der Waals surface area (Å²) in [7, 11) is 1.91. The number of aryl methyl sites for hydroxylation is 1. The van der Waals surface area contributed by atoms with E-state index in [4.69, 9.17) is 0 Å². The zero-order chi connectivity index (χ0) is 15.3. The van der Waals surface area contributed by atoms with E-state index in [1.807, 2.05) is 25.8 Å². The lowest BCUT2D eigenvalue weighted by atomic mass is 9.73. The van der Waals surface area contributed by atoms with Gasteiger partial charge in [0.1, 0.15) is 0 Å². The first-order valence-electron chi connectivity index (χ1n) is 8.73. The summed E-state index contributed by atoms with van der Waals surface area (Å²) in [5.41, 5.74) is 0.590. The fraction of sp³-hybridized carbons (Fsp3) is 0.765. The van der Waals surface area contributed by atoms with E-state index in [1.165, 1.54) is 51.6 Å². The van der Waals surface area contributed by atoms with Gasteiger partial charge < -0.3 is 14.8 Å². The highest BCUT2D eigenvalue weighted by atomic mass is 127. The second kappa shape index (κ2) is 8.89. The van der Waals surface area contributed by atoms with Crippen LogP contribution in [0.25, 0.3) is 0 Å². The predicted molar refractivity (Wildman–Crippen MR) is 105 cm³/mol. The minimum absolute atomic E-state index is 0. The van der Waals surface area contributed by atoms with Gasteiger partial charge in [0.15, 0.2) is 5.96 Å². The molecular formula is C17H30IN5. The van der Waals surface area contributed by atoms with Crippen LogP contribution in [-0.2, 0) is 6.54 Å². The van der Waals surface area contributed by atoms with E-state index in [2.05, 4.69) is 24.8 Å². The average Bonchev–Trinajstić information content (AvgIpc) is 3.19. The van der Waals surface area contributed by atoms with E-state index in [-0.39, 0.29) is 24.0 Å². The number of likely N-dealkylation sites (tertiary alicyclic amines) is 1. The first kappa shape index (κ1) is 18.5. The SMILES string of the molecule is CN=C(NCCCn1ccnc1)N1CCC2(CCCCC2)C1.I. The third-order valence-electron chi connectivity index (χ3n) is 5.30. The van der Waals surface area contributed by atoms with Gasteiger partial charge in [0, 0.05) is 45.6 Å². The Morgan fingerprint density at radius 3 is 2.78 bits per heavy atom. The molecule has 23 heavy (non-hydrogen) atoms. The van der Waals surface area contributed by atoms with Gasteiger partial charge in [0.2, 0.25) is 0 Å². The van der Waals surface area contributed by atoms with E-state index >= 15 is 0 Å². The summed E-state index contributed by atoms with van der Waals surface area (Å²) in [6.07, 6.45) is 15.3. The van der Waals surface area contributed by atoms with Gasteiger partial charge in [-0.15, -0.1) is 24.0 Å². The Balaban J connectivity index is 0.00000192. The number of aliphatic imine (C=N–C) groups is 1. The van der Waals surface area contributed by atoms with Crippen molar-refractivity contribution in [1.29, 1.82) is 0 Å². The van der Waals surface area contributed by atoms with Gasteiger partial charge in [0.25, 0.3) is 0 Å². The van der Waals surface area contributed by atoms with Crippen LogP contribution in [0.1, 0.15) is 44.9 Å². The molecule has 2 fully saturated rings. The fourth-order valence-electron chi connectivity index (χ4n) is 4.04. The maximum Gasteiger partial charge on any atom is 0.193 e. The van der Waals surface area contributed by atoms with E-state index in [0.29, 0.717) is 5.41 Å². The standard InChI is InChI=1S/C17H29N5.HI/c1-18-16(20-9-5-11-21-13-10-19-15-21)22-12-8-17(14-22)6-3-2-4-7-17;/h10,13,15H,2-9,11-12,14H2,1H3,(H,18,20);1H. The van der Waals surface area contributed by atoms with Gasteiger partial charge in [-0.25, -0.2) is 4.98 Å². The van der Waals surface area contributed by atoms with Crippen LogP contribution in [0, 0.1) is 5.41 Å². The maximum atomic E-state index is 4.49. The third kappa shape index (κ3) is 4.84. The number of rotatable bonds is 4. The number of nitrogens with one attached hydrogen (secondary N) is 1. The Labute approximate surface area is 157 Å². The molecule has 0 radical (unpaired) electrons. The quantitative estimate of drug-likeness (QED) is 0.345. The van der Waals surface area contributed by atoms with Gasteiger partial charge in [-0.2, -0.15) is 0 Å². The molecule has 3 rings (SSSR count). The van der Waals surface area contributed by atoms with E-state index in [9.17, 15) is 0 Å². The van der Waals surface area contributed by atoms with Crippen LogP contribution in [0.4, 0.5) is 0 Å². The van der Waals surface area contributed by atoms with Crippen LogP contribution < -0.4 is 5.32 Å². The van der Waals surface area contributed by atoms with Gasteiger partial charge in [0.05, 0.1) is 6.33 Å². The average molecular weight is 431 g/mol. The van der Waals surface area contributed by atoms with Crippen LogP contribution in [-0.4, -0.2) is 47.1 Å². The molecule has 1 aromatic heterocycles. The highest BCUT2D eigenvalue weighted by Gasteiger charge is 2.39. The van der Waals surface area contributed by atoms with Crippen molar-refractivity contribution in [3.05, 3.63) is 18.7 Å². The molecule has 1 N–H and O–H groups in total. The Morgan fingerprint density at radius 2 is 2.09 bits per heavy atom. The number of imidazole rings is 1. The zero-order valence-electron chi connectivity index (χ0n) is 14.2. The third-order valence-corrected chi connectivity index (χ3v) is 5.30. The summed E-state index contributed by atoms with van der Waals surface area (Å²) < 4.78 is 2.12. The molecule has 1 aliphatic heterocycles. The molecule has 1 aliphatic carbocycles. The Hall–Kier alpha value is -0.790. The van der Waals surface area contributed by atoms with Gasteiger partial charge >= 0.3 is 0 Å². The zero-order valence-corrected chi connectivity index (χ0v) is 16.5. The summed E-state index contributed by atoms with van der Waals surface area (Å²) in [4.78, 5) is 11.0. The molecule has 0 unspecified atom stereocenters. The van der Waals surface area contributed by atoms with Crippen molar-refractivity contribution < 1.29 is 0 Å². The number of aromatic nitrogens is 2. The lowest BCUT2D eigenvalue weighted by Gasteiger charge is -2.33. The molecule has 0 atom stereocenters. The highest BCUT2D eigenvalue weighted by molar-refractivity contribution is 14.0. The minimum Gasteiger partial charge on any atom is -0.356 e. The van der Waals surface area contributed by atoms with Gasteiger partial charge in [-0.1, -0.05) is 19.3 Å². The van der Waals surface area contributed by atoms with E-state index < -0.39 is 0 Å². The van der Waals surface area contributed by atoms with Crippen molar-refractivity contribution in [2.24, 2.45) is 10.4 Å². The fourth-order valence-corrected chi connectivity index (χ4v) is 4.04. The molecule has 130 valence electrons. The monoisotopic (exact) mass is 431 g/mol. The topological polar surface area (TPSA) is 45.5 Å². The summed E-state index contributed by atoms with van der Waals surface area (Å²) in [6.45, 7) is 4.34. The second-order valence-corrected chi connectivity index (χ2v) is 6.86. The van der Waals surface area contributed by atoms with Gasteiger partial charge in [-0.3, -0.25) is 4.99 Å². The van der Waals surface area contributed by atoms with Crippen molar-refractivity contribution in [3.63, 3.8) is 0 Å². The summed E-state index contributed by atoms with van der Waals surface area (Å²) >= 11 is 0. The largest absolute Gasteiger partial charge is 0.356 e. The van der Waals surface area contributed by atoms with Gasteiger partial charge in [-0.05, 0) is 31.1 Å². The molecule has 0 aromatic carbocycles. The molecule has 0 bridgehead atoms. The van der Waals surface area contributed by atoms with Crippen molar-refractivity contribution >= 4 is 29.9 Å². The molecule has 5 nitrogen and oxygen atoms in total. The van der Waals surface area contributed by atoms with Crippen LogP contribution in [0.15, 0.2) is 23.7 Å². The Kier molecular flexibility index (Phi) is 7.17. The van der Waals surface area contributed by atoms with Crippen molar-refractivity contribution in [2.45, 2.75) is 51.5 Å². The smallest absolute Gasteiger partial charge is 0.193 e. The molecule has 0 amide bonds. The molecule has 2 aliphatic rings.